The molecule has 3 rings (SSSR count). The summed E-state index contributed by atoms with van der Waals surface area (Å²) in [5.41, 5.74) is 2.64. The van der Waals surface area contributed by atoms with Crippen molar-refractivity contribution in [1.29, 1.82) is 0 Å². The van der Waals surface area contributed by atoms with Crippen LogP contribution >= 0.6 is 0 Å². The number of carbonyl (C=O) groups excluding carboxylic acids is 1. The molecule has 0 fully saturated rings. The maximum absolute atomic E-state index is 12.2. The Kier molecular flexibility index (Phi) is 4.95. The van der Waals surface area contributed by atoms with Gasteiger partial charge in [-0.15, -0.1) is 0 Å². The van der Waals surface area contributed by atoms with Gasteiger partial charge in [0.2, 0.25) is 0 Å². The number of cyclic esters (lactones) is 1. The van der Waals surface area contributed by atoms with Crippen molar-refractivity contribution >= 4 is 11.5 Å². The molecule has 2 aromatic rings. The standard InChI is InChI=1S/C20H16O4/c1-22-14-24-18-10-6-5-9-17(18)19-16(13-23-20(19)21)12-11-15-7-3-2-4-8-15/h2-10H,13-14H2,1H3. The molecule has 0 N–H and O–H groups in total. The fraction of sp³-hybridized carbons (Fsp3) is 0.150. The smallest absolute Gasteiger partial charge is 0.340 e. The highest BCUT2D eigenvalue weighted by molar-refractivity contribution is 6.21. The van der Waals surface area contributed by atoms with Gasteiger partial charge in [0.15, 0.2) is 6.79 Å². The predicted molar refractivity (Wildman–Crippen MR) is 90.1 cm³/mol. The zero-order chi connectivity index (χ0) is 16.8. The molecule has 4 heteroatoms. The highest BCUT2D eigenvalue weighted by Crippen LogP contribution is 2.32. The number of para-hydroxylation sites is 1. The summed E-state index contributed by atoms with van der Waals surface area (Å²) in [7, 11) is 1.54. The molecular formula is C20H16O4. The van der Waals surface area contributed by atoms with E-state index in [9.17, 15) is 4.79 Å². The lowest BCUT2D eigenvalue weighted by Gasteiger charge is -2.10. The second-order valence-electron chi connectivity index (χ2n) is 5.09. The Bertz CT molecular complexity index is 825. The largest absolute Gasteiger partial charge is 0.467 e. The number of esters is 1. The van der Waals surface area contributed by atoms with E-state index in [-0.39, 0.29) is 19.4 Å². The number of methoxy groups -OCH3 is 1. The summed E-state index contributed by atoms with van der Waals surface area (Å²) in [6.07, 6.45) is 0. The van der Waals surface area contributed by atoms with E-state index in [2.05, 4.69) is 11.8 Å². The van der Waals surface area contributed by atoms with Gasteiger partial charge < -0.3 is 14.2 Å². The Morgan fingerprint density at radius 3 is 2.58 bits per heavy atom. The maximum atomic E-state index is 12.2. The van der Waals surface area contributed by atoms with Crippen LogP contribution in [0.15, 0.2) is 60.2 Å². The highest BCUT2D eigenvalue weighted by Gasteiger charge is 2.27. The van der Waals surface area contributed by atoms with E-state index in [0.717, 1.165) is 5.56 Å². The fourth-order valence-corrected chi connectivity index (χ4v) is 2.37. The summed E-state index contributed by atoms with van der Waals surface area (Å²) < 4.78 is 15.7. The highest BCUT2D eigenvalue weighted by atomic mass is 16.7. The van der Waals surface area contributed by atoms with Gasteiger partial charge in [0, 0.05) is 18.2 Å². The molecule has 1 aliphatic heterocycles. The van der Waals surface area contributed by atoms with Gasteiger partial charge in [0.05, 0.1) is 11.1 Å². The number of benzene rings is 2. The van der Waals surface area contributed by atoms with Crippen LogP contribution < -0.4 is 4.74 Å². The molecule has 2 aromatic carbocycles. The van der Waals surface area contributed by atoms with Crippen molar-refractivity contribution in [3.8, 4) is 17.6 Å². The van der Waals surface area contributed by atoms with Gasteiger partial charge in [-0.05, 0) is 18.2 Å². The molecule has 0 aromatic heterocycles. The zero-order valence-corrected chi connectivity index (χ0v) is 13.2. The molecule has 0 bridgehead atoms. The minimum atomic E-state index is -0.388. The molecule has 0 saturated carbocycles. The lowest BCUT2D eigenvalue weighted by atomic mass is 10.0. The molecule has 0 radical (unpaired) electrons. The Hall–Kier alpha value is -3.03. The van der Waals surface area contributed by atoms with Crippen LogP contribution in [0.25, 0.3) is 5.57 Å². The summed E-state index contributed by atoms with van der Waals surface area (Å²) >= 11 is 0. The minimum absolute atomic E-state index is 0.102. The Labute approximate surface area is 140 Å². The van der Waals surface area contributed by atoms with Gasteiger partial charge in [0.25, 0.3) is 0 Å². The van der Waals surface area contributed by atoms with Crippen molar-refractivity contribution < 1.29 is 19.0 Å². The normalized spacial score (nSPS) is 13.3. The minimum Gasteiger partial charge on any atom is -0.467 e. The number of rotatable bonds is 4. The predicted octanol–water partition coefficient (Wildman–Crippen LogP) is 3.03. The Balaban J connectivity index is 2.00. The zero-order valence-electron chi connectivity index (χ0n) is 13.2. The maximum Gasteiger partial charge on any atom is 0.340 e. The molecule has 1 heterocycles. The number of carbonyl (C=O) groups is 1. The lowest BCUT2D eigenvalue weighted by molar-refractivity contribution is -0.134. The average molecular weight is 320 g/mol. The van der Waals surface area contributed by atoms with E-state index >= 15 is 0 Å². The lowest BCUT2D eigenvalue weighted by Crippen LogP contribution is -2.04. The van der Waals surface area contributed by atoms with Crippen LogP contribution in [0.5, 0.6) is 5.75 Å². The number of hydrogen-bond donors (Lipinski definition) is 0. The SMILES string of the molecule is COCOc1ccccc1C1=C(C#Cc2ccccc2)COC1=O. The summed E-state index contributed by atoms with van der Waals surface area (Å²) in [6, 6.07) is 16.9. The van der Waals surface area contributed by atoms with Gasteiger partial charge in [-0.3, -0.25) is 0 Å². The molecule has 24 heavy (non-hydrogen) atoms. The van der Waals surface area contributed by atoms with E-state index in [1.807, 2.05) is 48.5 Å². The van der Waals surface area contributed by atoms with Gasteiger partial charge in [0.1, 0.15) is 12.4 Å². The monoisotopic (exact) mass is 320 g/mol. The Morgan fingerprint density at radius 1 is 1.04 bits per heavy atom. The first-order valence-electron chi connectivity index (χ1n) is 7.48. The topological polar surface area (TPSA) is 44.8 Å². The molecule has 0 aliphatic carbocycles. The van der Waals surface area contributed by atoms with E-state index in [1.165, 1.54) is 0 Å². The summed E-state index contributed by atoms with van der Waals surface area (Å²) in [5, 5.41) is 0. The van der Waals surface area contributed by atoms with Gasteiger partial charge >= 0.3 is 5.97 Å². The molecule has 120 valence electrons. The van der Waals surface area contributed by atoms with Crippen molar-refractivity contribution in [3.63, 3.8) is 0 Å². The molecule has 0 unspecified atom stereocenters. The number of ether oxygens (including phenoxy) is 3. The van der Waals surface area contributed by atoms with Gasteiger partial charge in [-0.1, -0.05) is 48.2 Å². The summed E-state index contributed by atoms with van der Waals surface area (Å²) in [6.45, 7) is 0.275. The third kappa shape index (κ3) is 3.48. The quantitative estimate of drug-likeness (QED) is 0.493. The summed E-state index contributed by atoms with van der Waals surface area (Å²) in [5.74, 6) is 6.30. The van der Waals surface area contributed by atoms with E-state index < -0.39 is 0 Å². The van der Waals surface area contributed by atoms with Crippen LogP contribution in [-0.4, -0.2) is 26.5 Å². The molecule has 0 saturated heterocycles. The first-order chi connectivity index (χ1) is 11.8. The van der Waals surface area contributed by atoms with Crippen molar-refractivity contribution in [2.24, 2.45) is 0 Å². The van der Waals surface area contributed by atoms with Crippen LogP contribution in [-0.2, 0) is 14.3 Å². The molecule has 1 aliphatic rings. The molecule has 0 atom stereocenters. The Morgan fingerprint density at radius 2 is 1.79 bits per heavy atom. The van der Waals surface area contributed by atoms with Crippen LogP contribution in [0.3, 0.4) is 0 Å². The van der Waals surface area contributed by atoms with E-state index in [1.54, 1.807) is 13.2 Å². The van der Waals surface area contributed by atoms with Crippen molar-refractivity contribution in [2.45, 2.75) is 0 Å². The molecule has 0 spiro atoms. The van der Waals surface area contributed by atoms with Crippen molar-refractivity contribution in [2.75, 3.05) is 20.5 Å². The van der Waals surface area contributed by atoms with Crippen molar-refractivity contribution in [3.05, 3.63) is 71.3 Å². The van der Waals surface area contributed by atoms with E-state index in [4.69, 9.17) is 14.2 Å². The van der Waals surface area contributed by atoms with Crippen LogP contribution in [0.1, 0.15) is 11.1 Å². The average Bonchev–Trinajstić information content (AvgIpc) is 3.00. The van der Waals surface area contributed by atoms with Crippen LogP contribution in [0, 0.1) is 11.8 Å². The third-order valence-corrected chi connectivity index (χ3v) is 3.47. The first kappa shape index (κ1) is 15.9. The van der Waals surface area contributed by atoms with Crippen molar-refractivity contribution in [1.82, 2.24) is 0 Å². The third-order valence-electron chi connectivity index (χ3n) is 3.47. The van der Waals surface area contributed by atoms with E-state index in [0.29, 0.717) is 22.5 Å². The first-order valence-corrected chi connectivity index (χ1v) is 7.48. The molecule has 4 nitrogen and oxygen atoms in total. The fourth-order valence-electron chi connectivity index (χ4n) is 2.37. The number of hydrogen-bond acceptors (Lipinski definition) is 4. The van der Waals surface area contributed by atoms with Crippen LogP contribution in [0.2, 0.25) is 0 Å². The van der Waals surface area contributed by atoms with Gasteiger partial charge in [-0.2, -0.15) is 0 Å². The van der Waals surface area contributed by atoms with Gasteiger partial charge in [-0.25, -0.2) is 4.79 Å². The molecule has 0 amide bonds. The summed E-state index contributed by atoms with van der Waals surface area (Å²) in [4.78, 5) is 12.2. The molecular weight excluding hydrogens is 304 g/mol. The second kappa shape index (κ2) is 7.49. The second-order valence-corrected chi connectivity index (χ2v) is 5.09. The van der Waals surface area contributed by atoms with Crippen LogP contribution in [0.4, 0.5) is 0 Å².